The molecule has 0 unspecified atom stereocenters. The van der Waals surface area contributed by atoms with Crippen LogP contribution in [0, 0.1) is 0 Å². The molecule has 8 nitrogen and oxygen atoms in total. The normalized spacial score (nSPS) is 11.2. The Labute approximate surface area is 128 Å². The minimum atomic E-state index is -0.591. The second kappa shape index (κ2) is 8.63. The number of hydrogen-bond donors (Lipinski definition) is 4. The third-order valence-corrected chi connectivity index (χ3v) is 2.68. The number of benzene rings is 1. The Kier molecular flexibility index (Phi) is 6.84. The molecule has 22 heavy (non-hydrogen) atoms. The first kappa shape index (κ1) is 17.4. The number of methoxy groups -OCH3 is 1. The van der Waals surface area contributed by atoms with E-state index in [4.69, 9.17) is 4.74 Å². The molecule has 0 aliphatic carbocycles. The summed E-state index contributed by atoms with van der Waals surface area (Å²) >= 11 is 0. The van der Waals surface area contributed by atoms with Crippen LogP contribution >= 0.6 is 0 Å². The van der Waals surface area contributed by atoms with Crippen LogP contribution in [-0.2, 0) is 14.3 Å². The Balaban J connectivity index is 2.54. The predicted octanol–water partition coefficient (Wildman–Crippen LogP) is 0.527. The molecule has 8 heteroatoms. The average Bonchev–Trinajstić information content (AvgIpc) is 2.49. The summed E-state index contributed by atoms with van der Waals surface area (Å²) in [6.45, 7) is 1.61. The standard InChI is InChI=1S/C14H20N4O4/c1-9(13(20)18-14(21)15-2)16-10-4-6-11(7-5-10)17-12(19)8-22-3/h4-7,9,16H,8H2,1-3H3,(H,17,19)(H2,15,18,20,21)/t9-/m0/s1. The summed E-state index contributed by atoms with van der Waals surface area (Å²) < 4.78 is 4.72. The Morgan fingerprint density at radius 2 is 1.73 bits per heavy atom. The first-order chi connectivity index (χ1) is 10.5. The van der Waals surface area contributed by atoms with Crippen molar-refractivity contribution in [2.24, 2.45) is 0 Å². The molecular weight excluding hydrogens is 288 g/mol. The Hall–Kier alpha value is -2.61. The highest BCUT2D eigenvalue weighted by atomic mass is 16.5. The summed E-state index contributed by atoms with van der Waals surface area (Å²) in [5.41, 5.74) is 1.30. The van der Waals surface area contributed by atoms with Crippen molar-refractivity contribution in [3.8, 4) is 0 Å². The third kappa shape index (κ3) is 5.80. The summed E-state index contributed by atoms with van der Waals surface area (Å²) in [5, 5.41) is 10.1. The van der Waals surface area contributed by atoms with E-state index in [1.54, 1.807) is 31.2 Å². The fraction of sp³-hybridized carbons (Fsp3) is 0.357. The lowest BCUT2D eigenvalue weighted by atomic mass is 10.2. The van der Waals surface area contributed by atoms with Gasteiger partial charge in [-0.25, -0.2) is 4.79 Å². The number of nitrogens with one attached hydrogen (secondary N) is 4. The fourth-order valence-corrected chi connectivity index (χ4v) is 1.58. The maximum Gasteiger partial charge on any atom is 0.321 e. The number of amides is 4. The Morgan fingerprint density at radius 1 is 1.14 bits per heavy atom. The Bertz CT molecular complexity index is 530. The number of urea groups is 1. The highest BCUT2D eigenvalue weighted by molar-refractivity contribution is 5.98. The van der Waals surface area contributed by atoms with Gasteiger partial charge in [0.1, 0.15) is 12.6 Å². The number of hydrogen-bond acceptors (Lipinski definition) is 5. The van der Waals surface area contributed by atoms with Crippen molar-refractivity contribution >= 4 is 29.2 Å². The molecule has 0 aliphatic rings. The van der Waals surface area contributed by atoms with Gasteiger partial charge in [0.15, 0.2) is 0 Å². The molecule has 1 atom stereocenters. The van der Waals surface area contributed by atoms with Gasteiger partial charge in [0.2, 0.25) is 11.8 Å². The molecule has 0 heterocycles. The van der Waals surface area contributed by atoms with E-state index in [-0.39, 0.29) is 12.5 Å². The van der Waals surface area contributed by atoms with Crippen LogP contribution in [0.4, 0.5) is 16.2 Å². The van der Waals surface area contributed by atoms with E-state index in [0.29, 0.717) is 11.4 Å². The molecule has 0 fully saturated rings. The molecule has 1 aromatic carbocycles. The number of carbonyl (C=O) groups excluding carboxylic acids is 3. The lowest BCUT2D eigenvalue weighted by molar-refractivity contribution is -0.120. The molecule has 0 aliphatic heterocycles. The lowest BCUT2D eigenvalue weighted by Gasteiger charge is -2.15. The molecule has 0 bridgehead atoms. The monoisotopic (exact) mass is 308 g/mol. The number of imide groups is 1. The summed E-state index contributed by atoms with van der Waals surface area (Å²) in [6.07, 6.45) is 0. The highest BCUT2D eigenvalue weighted by Crippen LogP contribution is 2.14. The van der Waals surface area contributed by atoms with Crippen LogP contribution < -0.4 is 21.3 Å². The smallest absolute Gasteiger partial charge is 0.321 e. The number of carbonyl (C=O) groups is 3. The number of anilines is 2. The zero-order chi connectivity index (χ0) is 16.5. The fourth-order valence-electron chi connectivity index (χ4n) is 1.58. The zero-order valence-corrected chi connectivity index (χ0v) is 12.7. The average molecular weight is 308 g/mol. The molecule has 0 spiro atoms. The van der Waals surface area contributed by atoms with E-state index in [2.05, 4.69) is 21.3 Å². The van der Waals surface area contributed by atoms with Crippen LogP contribution in [0.3, 0.4) is 0 Å². The zero-order valence-electron chi connectivity index (χ0n) is 12.7. The van der Waals surface area contributed by atoms with Crippen molar-refractivity contribution in [3.05, 3.63) is 24.3 Å². The van der Waals surface area contributed by atoms with Crippen molar-refractivity contribution in [2.75, 3.05) is 31.4 Å². The maximum atomic E-state index is 11.7. The molecule has 1 aromatic rings. The van der Waals surface area contributed by atoms with E-state index >= 15 is 0 Å². The third-order valence-electron chi connectivity index (χ3n) is 2.68. The molecule has 120 valence electrons. The first-order valence-corrected chi connectivity index (χ1v) is 6.64. The van der Waals surface area contributed by atoms with Crippen LogP contribution in [-0.4, -0.2) is 44.7 Å². The van der Waals surface area contributed by atoms with Gasteiger partial charge in [-0.05, 0) is 31.2 Å². The SMILES string of the molecule is CNC(=O)NC(=O)[C@H](C)Nc1ccc(NC(=O)COC)cc1. The minimum absolute atomic E-state index is 0.0172. The van der Waals surface area contributed by atoms with Crippen molar-refractivity contribution in [1.29, 1.82) is 0 Å². The van der Waals surface area contributed by atoms with Crippen LogP contribution in [0.25, 0.3) is 0 Å². The van der Waals surface area contributed by atoms with Gasteiger partial charge in [0.05, 0.1) is 0 Å². The van der Waals surface area contributed by atoms with E-state index in [1.807, 2.05) is 0 Å². The summed E-state index contributed by atoms with van der Waals surface area (Å²) in [4.78, 5) is 34.1. The largest absolute Gasteiger partial charge is 0.375 e. The maximum absolute atomic E-state index is 11.7. The minimum Gasteiger partial charge on any atom is -0.375 e. The molecular formula is C14H20N4O4. The predicted molar refractivity (Wildman–Crippen MR) is 82.6 cm³/mol. The topological polar surface area (TPSA) is 109 Å². The van der Waals surface area contributed by atoms with Gasteiger partial charge < -0.3 is 20.7 Å². The van der Waals surface area contributed by atoms with Gasteiger partial charge in [0, 0.05) is 25.5 Å². The van der Waals surface area contributed by atoms with Gasteiger partial charge in [-0.3, -0.25) is 14.9 Å². The van der Waals surface area contributed by atoms with E-state index in [9.17, 15) is 14.4 Å². The Morgan fingerprint density at radius 3 is 2.27 bits per heavy atom. The van der Waals surface area contributed by atoms with Crippen molar-refractivity contribution in [2.45, 2.75) is 13.0 Å². The summed E-state index contributed by atoms with van der Waals surface area (Å²) in [6, 6.07) is 5.66. The number of ether oxygens (including phenoxy) is 1. The molecule has 1 rings (SSSR count). The van der Waals surface area contributed by atoms with Gasteiger partial charge in [0.25, 0.3) is 0 Å². The van der Waals surface area contributed by atoms with Crippen molar-refractivity contribution < 1.29 is 19.1 Å². The molecule has 0 saturated carbocycles. The molecule has 0 saturated heterocycles. The van der Waals surface area contributed by atoms with E-state index in [1.165, 1.54) is 14.2 Å². The van der Waals surface area contributed by atoms with Gasteiger partial charge in [-0.15, -0.1) is 0 Å². The van der Waals surface area contributed by atoms with E-state index < -0.39 is 18.0 Å². The van der Waals surface area contributed by atoms with Crippen LogP contribution in [0.1, 0.15) is 6.92 Å². The van der Waals surface area contributed by atoms with Gasteiger partial charge in [-0.2, -0.15) is 0 Å². The molecule has 4 N–H and O–H groups in total. The lowest BCUT2D eigenvalue weighted by Crippen LogP contribution is -2.44. The van der Waals surface area contributed by atoms with E-state index in [0.717, 1.165) is 0 Å². The summed E-state index contributed by atoms with van der Waals surface area (Å²) in [5.74, 6) is -0.696. The number of rotatable bonds is 6. The molecule has 4 amide bonds. The molecule has 0 radical (unpaired) electrons. The van der Waals surface area contributed by atoms with Gasteiger partial charge in [-0.1, -0.05) is 0 Å². The quantitative estimate of drug-likeness (QED) is 0.613. The first-order valence-electron chi connectivity index (χ1n) is 6.64. The van der Waals surface area contributed by atoms with Crippen molar-refractivity contribution in [3.63, 3.8) is 0 Å². The summed E-state index contributed by atoms with van der Waals surface area (Å²) in [7, 11) is 2.87. The van der Waals surface area contributed by atoms with Crippen LogP contribution in [0.5, 0.6) is 0 Å². The van der Waals surface area contributed by atoms with Crippen molar-refractivity contribution in [1.82, 2.24) is 10.6 Å². The van der Waals surface area contributed by atoms with Crippen LogP contribution in [0.2, 0.25) is 0 Å². The van der Waals surface area contributed by atoms with Gasteiger partial charge >= 0.3 is 6.03 Å². The second-order valence-corrected chi connectivity index (χ2v) is 4.49. The second-order valence-electron chi connectivity index (χ2n) is 4.49. The highest BCUT2D eigenvalue weighted by Gasteiger charge is 2.14. The van der Waals surface area contributed by atoms with Crippen LogP contribution in [0.15, 0.2) is 24.3 Å². The molecule has 0 aromatic heterocycles.